The highest BCUT2D eigenvalue weighted by atomic mass is 19.1. The van der Waals surface area contributed by atoms with Crippen molar-refractivity contribution in [1.82, 2.24) is 9.97 Å². The van der Waals surface area contributed by atoms with Crippen LogP contribution in [0.2, 0.25) is 0 Å². The number of nitrogens with zero attached hydrogens (tertiary/aromatic N) is 2. The minimum Gasteiger partial charge on any atom is -0.491 e. The molecule has 1 aliphatic carbocycles. The first-order valence-corrected chi connectivity index (χ1v) is 13.9. The lowest BCUT2D eigenvalue weighted by Gasteiger charge is -2.11. The molecule has 0 N–H and O–H groups in total. The molecule has 0 amide bonds. The first kappa shape index (κ1) is 26.6. The quantitative estimate of drug-likeness (QED) is 0.217. The summed E-state index contributed by atoms with van der Waals surface area (Å²) in [6.07, 6.45) is 23.0. The number of rotatable bonds is 17. The molecule has 1 aromatic carbocycles. The van der Waals surface area contributed by atoms with Gasteiger partial charge in [-0.2, -0.15) is 0 Å². The molecule has 0 aliphatic heterocycles. The number of alkyl halides is 1. The topological polar surface area (TPSA) is 35.0 Å². The van der Waals surface area contributed by atoms with Crippen molar-refractivity contribution in [2.45, 2.75) is 116 Å². The molecule has 3 nitrogen and oxygen atoms in total. The Labute approximate surface area is 206 Å². The van der Waals surface area contributed by atoms with E-state index in [0.717, 1.165) is 36.6 Å². The number of hydrogen-bond donors (Lipinski definition) is 0. The monoisotopic (exact) mass is 468 g/mol. The van der Waals surface area contributed by atoms with Crippen LogP contribution in [0.4, 0.5) is 4.39 Å². The van der Waals surface area contributed by atoms with Crippen molar-refractivity contribution in [2.24, 2.45) is 5.92 Å². The first-order valence-electron chi connectivity index (χ1n) is 13.9. The largest absolute Gasteiger partial charge is 0.491 e. The fraction of sp³-hybridized carbons (Fsp3) is 0.667. The zero-order chi connectivity index (χ0) is 23.8. The maximum Gasteiger partial charge on any atom is 0.159 e. The van der Waals surface area contributed by atoms with E-state index in [0.29, 0.717) is 12.2 Å². The van der Waals surface area contributed by atoms with Crippen molar-refractivity contribution in [3.63, 3.8) is 0 Å². The number of unbranched alkanes of at least 4 members (excludes halogenated alkanes) is 7. The Morgan fingerprint density at radius 1 is 0.882 bits per heavy atom. The lowest BCUT2D eigenvalue weighted by Crippen LogP contribution is -2.12. The standard InChI is InChI=1S/C30H45FN2O/c1-2-3-4-10-17-28(31)24-34-29-20-18-27(19-21-29)30-32-22-26(23-33-30)16-9-7-5-6-8-13-25-14-11-12-15-25/h18-23,25,28H,2-17,24H2,1H3/t28-/m1/s1. The van der Waals surface area contributed by atoms with Gasteiger partial charge in [0.25, 0.3) is 0 Å². The van der Waals surface area contributed by atoms with Crippen molar-refractivity contribution < 1.29 is 9.13 Å². The van der Waals surface area contributed by atoms with Crippen LogP contribution in [-0.2, 0) is 6.42 Å². The van der Waals surface area contributed by atoms with Crippen LogP contribution in [0.1, 0.15) is 109 Å². The molecule has 1 atom stereocenters. The second kappa shape index (κ2) is 15.8. The molecule has 0 saturated heterocycles. The minimum absolute atomic E-state index is 0.122. The molecule has 188 valence electrons. The van der Waals surface area contributed by atoms with Gasteiger partial charge in [0.05, 0.1) is 0 Å². The second-order valence-electron chi connectivity index (χ2n) is 10.2. The van der Waals surface area contributed by atoms with Crippen LogP contribution in [0.3, 0.4) is 0 Å². The van der Waals surface area contributed by atoms with E-state index in [9.17, 15) is 4.39 Å². The molecule has 4 heteroatoms. The number of halogens is 1. The van der Waals surface area contributed by atoms with Gasteiger partial charge in [-0.05, 0) is 55.0 Å². The summed E-state index contributed by atoms with van der Waals surface area (Å²) in [5.74, 6) is 2.45. The molecule has 0 radical (unpaired) electrons. The average molecular weight is 469 g/mol. The van der Waals surface area contributed by atoms with E-state index in [-0.39, 0.29) is 6.61 Å². The Hall–Kier alpha value is -1.97. The zero-order valence-corrected chi connectivity index (χ0v) is 21.3. The van der Waals surface area contributed by atoms with Gasteiger partial charge in [0.2, 0.25) is 0 Å². The SMILES string of the molecule is CCCCCC[C@@H](F)COc1ccc(-c2ncc(CCCCCCCC3CCCC3)cn2)cc1. The molecular formula is C30H45FN2O. The molecule has 0 unspecified atom stereocenters. The summed E-state index contributed by atoms with van der Waals surface area (Å²) in [7, 11) is 0. The van der Waals surface area contributed by atoms with E-state index in [1.54, 1.807) is 0 Å². The predicted octanol–water partition coefficient (Wildman–Crippen LogP) is 8.90. The Bertz CT molecular complexity index is 771. The van der Waals surface area contributed by atoms with Crippen molar-refractivity contribution in [3.05, 3.63) is 42.2 Å². The second-order valence-corrected chi connectivity index (χ2v) is 10.2. The van der Waals surface area contributed by atoms with Crippen LogP contribution in [0, 0.1) is 5.92 Å². The normalized spacial score (nSPS) is 15.0. The van der Waals surface area contributed by atoms with Crippen LogP contribution in [-0.4, -0.2) is 22.7 Å². The predicted molar refractivity (Wildman–Crippen MR) is 140 cm³/mol. The molecule has 0 spiro atoms. The summed E-state index contributed by atoms with van der Waals surface area (Å²) in [6, 6.07) is 7.65. The lowest BCUT2D eigenvalue weighted by molar-refractivity contribution is 0.184. The smallest absolute Gasteiger partial charge is 0.159 e. The summed E-state index contributed by atoms with van der Waals surface area (Å²) >= 11 is 0. The molecule has 3 rings (SSSR count). The van der Waals surface area contributed by atoms with Gasteiger partial charge in [-0.15, -0.1) is 0 Å². The van der Waals surface area contributed by atoms with Gasteiger partial charge < -0.3 is 4.74 Å². The van der Waals surface area contributed by atoms with Gasteiger partial charge in [-0.25, -0.2) is 14.4 Å². The van der Waals surface area contributed by atoms with E-state index in [1.807, 2.05) is 36.7 Å². The van der Waals surface area contributed by atoms with E-state index >= 15 is 0 Å². The molecule has 34 heavy (non-hydrogen) atoms. The van der Waals surface area contributed by atoms with Gasteiger partial charge in [-0.1, -0.05) is 90.4 Å². The Balaban J connectivity index is 1.30. The maximum atomic E-state index is 14.0. The van der Waals surface area contributed by atoms with Gasteiger partial charge in [0.1, 0.15) is 18.5 Å². The number of ether oxygens (including phenoxy) is 1. The third-order valence-electron chi connectivity index (χ3n) is 7.17. The highest BCUT2D eigenvalue weighted by Crippen LogP contribution is 2.29. The lowest BCUT2D eigenvalue weighted by atomic mass is 9.99. The Morgan fingerprint density at radius 3 is 2.29 bits per heavy atom. The van der Waals surface area contributed by atoms with Crippen molar-refractivity contribution in [1.29, 1.82) is 0 Å². The van der Waals surface area contributed by atoms with E-state index in [4.69, 9.17) is 4.74 Å². The Kier molecular flexibility index (Phi) is 12.4. The summed E-state index contributed by atoms with van der Waals surface area (Å²) in [6.45, 7) is 2.29. The number of hydrogen-bond acceptors (Lipinski definition) is 3. The minimum atomic E-state index is -0.899. The van der Waals surface area contributed by atoms with E-state index < -0.39 is 6.17 Å². The molecule has 1 saturated carbocycles. The van der Waals surface area contributed by atoms with E-state index in [1.165, 1.54) is 82.6 Å². The average Bonchev–Trinajstić information content (AvgIpc) is 3.39. The summed E-state index contributed by atoms with van der Waals surface area (Å²) < 4.78 is 19.6. The summed E-state index contributed by atoms with van der Waals surface area (Å²) in [4.78, 5) is 9.12. The number of benzene rings is 1. The summed E-state index contributed by atoms with van der Waals surface area (Å²) in [5, 5.41) is 0. The fourth-order valence-electron chi connectivity index (χ4n) is 4.99. The zero-order valence-electron chi connectivity index (χ0n) is 21.3. The van der Waals surface area contributed by atoms with Crippen LogP contribution >= 0.6 is 0 Å². The molecular weight excluding hydrogens is 423 g/mol. The molecule has 1 aromatic heterocycles. The summed E-state index contributed by atoms with van der Waals surface area (Å²) in [5.41, 5.74) is 2.17. The van der Waals surface area contributed by atoms with Gasteiger partial charge in [-0.3, -0.25) is 0 Å². The Morgan fingerprint density at radius 2 is 1.56 bits per heavy atom. The molecule has 1 heterocycles. The van der Waals surface area contributed by atoms with Gasteiger partial charge in [0, 0.05) is 18.0 Å². The highest BCUT2D eigenvalue weighted by Gasteiger charge is 2.13. The highest BCUT2D eigenvalue weighted by molar-refractivity contribution is 5.55. The van der Waals surface area contributed by atoms with Gasteiger partial charge >= 0.3 is 0 Å². The number of aryl methyl sites for hydroxylation is 1. The van der Waals surface area contributed by atoms with Gasteiger partial charge in [0.15, 0.2) is 5.82 Å². The first-order chi connectivity index (χ1) is 16.7. The number of aromatic nitrogens is 2. The van der Waals surface area contributed by atoms with Crippen LogP contribution in [0.15, 0.2) is 36.7 Å². The van der Waals surface area contributed by atoms with Crippen molar-refractivity contribution >= 4 is 0 Å². The third kappa shape index (κ3) is 10.1. The van der Waals surface area contributed by atoms with Crippen LogP contribution in [0.5, 0.6) is 5.75 Å². The third-order valence-corrected chi connectivity index (χ3v) is 7.17. The molecule has 0 bridgehead atoms. The van der Waals surface area contributed by atoms with Crippen molar-refractivity contribution in [3.8, 4) is 17.1 Å². The maximum absolute atomic E-state index is 14.0. The molecule has 2 aromatic rings. The fourth-order valence-corrected chi connectivity index (χ4v) is 4.99. The van der Waals surface area contributed by atoms with Crippen LogP contribution in [0.25, 0.3) is 11.4 Å². The molecule has 1 fully saturated rings. The molecule has 1 aliphatic rings. The van der Waals surface area contributed by atoms with Crippen molar-refractivity contribution in [2.75, 3.05) is 6.61 Å². The van der Waals surface area contributed by atoms with E-state index in [2.05, 4.69) is 16.9 Å². The van der Waals surface area contributed by atoms with Crippen LogP contribution < -0.4 is 4.74 Å².